The van der Waals surface area contributed by atoms with Crippen LogP contribution in [0.4, 0.5) is 5.13 Å². The second kappa shape index (κ2) is 5.89. The molecule has 100 valence electrons. The third-order valence-corrected chi connectivity index (χ3v) is 3.56. The number of nitrogens with one attached hydrogen (secondary N) is 1. The van der Waals surface area contributed by atoms with Crippen molar-refractivity contribution in [3.05, 3.63) is 59.6 Å². The van der Waals surface area contributed by atoms with E-state index in [1.54, 1.807) is 30.5 Å². The predicted molar refractivity (Wildman–Crippen MR) is 85.1 cm³/mol. The van der Waals surface area contributed by atoms with Crippen molar-refractivity contribution in [2.45, 2.75) is 0 Å². The molecule has 0 aliphatic rings. The summed E-state index contributed by atoms with van der Waals surface area (Å²) >= 11 is 1.36. The zero-order valence-electron chi connectivity index (χ0n) is 11.0. The summed E-state index contributed by atoms with van der Waals surface area (Å²) < 4.78 is 0. The van der Waals surface area contributed by atoms with Crippen LogP contribution in [-0.2, 0) is 0 Å². The van der Waals surface area contributed by atoms with Crippen molar-refractivity contribution < 1.29 is 4.79 Å². The van der Waals surface area contributed by atoms with Gasteiger partial charge in [-0.2, -0.15) is 0 Å². The Morgan fingerprint density at radius 3 is 2.81 bits per heavy atom. The molecule has 0 saturated heterocycles. The average Bonchev–Trinajstić information content (AvgIpc) is 2.97. The molecule has 2 aromatic heterocycles. The lowest BCUT2D eigenvalue weighted by molar-refractivity contribution is 0.102. The first-order valence-corrected chi connectivity index (χ1v) is 7.14. The van der Waals surface area contributed by atoms with Gasteiger partial charge in [-0.15, -0.1) is 11.3 Å². The van der Waals surface area contributed by atoms with Gasteiger partial charge in [-0.1, -0.05) is 29.7 Å². The molecule has 3 rings (SSSR count). The molecule has 1 amide bonds. The van der Waals surface area contributed by atoms with E-state index in [4.69, 9.17) is 7.85 Å². The fourth-order valence-corrected chi connectivity index (χ4v) is 2.51. The molecule has 0 saturated carbocycles. The van der Waals surface area contributed by atoms with Gasteiger partial charge in [0.1, 0.15) is 13.5 Å². The summed E-state index contributed by atoms with van der Waals surface area (Å²) in [7, 11) is 5.67. The Hall–Kier alpha value is -2.47. The third kappa shape index (κ3) is 3.17. The molecule has 0 fully saturated rings. The van der Waals surface area contributed by atoms with Crippen molar-refractivity contribution in [2.75, 3.05) is 5.32 Å². The number of benzene rings is 1. The van der Waals surface area contributed by atoms with Crippen LogP contribution in [0, 0.1) is 0 Å². The largest absolute Gasteiger partial charge is 0.298 e. The number of rotatable bonds is 3. The molecule has 2 radical (unpaired) electrons. The highest BCUT2D eigenvalue weighted by Gasteiger charge is 2.10. The summed E-state index contributed by atoms with van der Waals surface area (Å²) in [4.78, 5) is 20.7. The number of nitrogens with zero attached hydrogens (tertiary/aromatic N) is 2. The van der Waals surface area contributed by atoms with E-state index in [2.05, 4.69) is 15.3 Å². The molecule has 0 spiro atoms. The average molecular weight is 291 g/mol. The molecule has 1 aromatic carbocycles. The van der Waals surface area contributed by atoms with Gasteiger partial charge in [-0.05, 0) is 18.2 Å². The van der Waals surface area contributed by atoms with E-state index in [1.165, 1.54) is 11.3 Å². The standard InChI is InChI=1S/C15H10BN3OS/c16-11-5-3-4-10(8-11)14(20)19-15-18-13(9-21-15)12-6-1-2-7-17-12/h1-9H,(H,18,19,20). The quantitative estimate of drug-likeness (QED) is 0.753. The lowest BCUT2D eigenvalue weighted by Gasteiger charge is -2.02. The van der Waals surface area contributed by atoms with Gasteiger partial charge >= 0.3 is 0 Å². The highest BCUT2D eigenvalue weighted by atomic mass is 32.1. The Morgan fingerprint density at radius 1 is 1.14 bits per heavy atom. The Bertz CT molecular complexity index is 773. The number of carbonyl (C=O) groups is 1. The number of anilines is 1. The molecule has 2 heterocycles. The van der Waals surface area contributed by atoms with E-state index in [0.717, 1.165) is 11.4 Å². The smallest absolute Gasteiger partial charge is 0.257 e. The Kier molecular flexibility index (Phi) is 3.79. The van der Waals surface area contributed by atoms with Crippen LogP contribution < -0.4 is 10.8 Å². The Labute approximate surface area is 127 Å². The first kappa shape index (κ1) is 13.5. The van der Waals surface area contributed by atoms with E-state index in [0.29, 0.717) is 16.2 Å². The van der Waals surface area contributed by atoms with Crippen molar-refractivity contribution in [3.8, 4) is 11.4 Å². The minimum absolute atomic E-state index is 0.232. The molecule has 0 aliphatic heterocycles. The lowest BCUT2D eigenvalue weighted by Crippen LogP contribution is -2.14. The normalized spacial score (nSPS) is 10.3. The van der Waals surface area contributed by atoms with Crippen LogP contribution in [0.1, 0.15) is 10.4 Å². The summed E-state index contributed by atoms with van der Waals surface area (Å²) in [6, 6.07) is 12.4. The van der Waals surface area contributed by atoms with Gasteiger partial charge in [0.05, 0.1) is 5.69 Å². The van der Waals surface area contributed by atoms with E-state index in [1.807, 2.05) is 23.6 Å². The second-order valence-corrected chi connectivity index (χ2v) is 5.19. The summed E-state index contributed by atoms with van der Waals surface area (Å²) in [6.07, 6.45) is 1.71. The third-order valence-electron chi connectivity index (χ3n) is 2.80. The minimum Gasteiger partial charge on any atom is -0.298 e. The summed E-state index contributed by atoms with van der Waals surface area (Å²) in [5.74, 6) is -0.232. The van der Waals surface area contributed by atoms with Crippen molar-refractivity contribution in [1.82, 2.24) is 9.97 Å². The van der Waals surface area contributed by atoms with Crippen LogP contribution >= 0.6 is 11.3 Å². The molecule has 21 heavy (non-hydrogen) atoms. The molecule has 6 heteroatoms. The lowest BCUT2D eigenvalue weighted by atomic mass is 9.94. The number of thiazole rings is 1. The van der Waals surface area contributed by atoms with Crippen LogP contribution in [0.15, 0.2) is 54.0 Å². The van der Waals surface area contributed by atoms with E-state index in [9.17, 15) is 4.79 Å². The number of pyridine rings is 1. The molecule has 0 unspecified atom stereocenters. The number of hydrogen-bond donors (Lipinski definition) is 1. The molecular formula is C15H10BN3OS. The summed E-state index contributed by atoms with van der Waals surface area (Å²) in [5, 5.41) is 5.15. The van der Waals surface area contributed by atoms with Gasteiger partial charge in [-0.3, -0.25) is 15.1 Å². The van der Waals surface area contributed by atoms with Crippen LogP contribution in [-0.4, -0.2) is 23.7 Å². The first-order chi connectivity index (χ1) is 10.2. The van der Waals surface area contributed by atoms with Gasteiger partial charge in [0, 0.05) is 17.1 Å². The number of hydrogen-bond acceptors (Lipinski definition) is 4. The van der Waals surface area contributed by atoms with E-state index >= 15 is 0 Å². The van der Waals surface area contributed by atoms with Crippen LogP contribution in [0.3, 0.4) is 0 Å². The molecule has 3 aromatic rings. The van der Waals surface area contributed by atoms with Crippen LogP contribution in [0.5, 0.6) is 0 Å². The van der Waals surface area contributed by atoms with Crippen molar-refractivity contribution in [1.29, 1.82) is 0 Å². The zero-order valence-corrected chi connectivity index (χ0v) is 11.8. The van der Waals surface area contributed by atoms with Gasteiger partial charge in [0.15, 0.2) is 5.13 Å². The SMILES string of the molecule is [B]c1cccc(C(=O)Nc2nc(-c3ccccn3)cs2)c1. The van der Waals surface area contributed by atoms with Crippen molar-refractivity contribution in [3.63, 3.8) is 0 Å². The van der Waals surface area contributed by atoms with E-state index < -0.39 is 0 Å². The number of carbonyl (C=O) groups excluding carboxylic acids is 1. The number of amides is 1. The summed E-state index contributed by atoms with van der Waals surface area (Å²) in [5.41, 5.74) is 2.57. The molecule has 0 aliphatic carbocycles. The topological polar surface area (TPSA) is 54.9 Å². The first-order valence-electron chi connectivity index (χ1n) is 6.26. The predicted octanol–water partition coefficient (Wildman–Crippen LogP) is 2.25. The maximum Gasteiger partial charge on any atom is 0.257 e. The number of aromatic nitrogens is 2. The monoisotopic (exact) mass is 291 g/mol. The highest BCUT2D eigenvalue weighted by Crippen LogP contribution is 2.23. The summed E-state index contributed by atoms with van der Waals surface area (Å²) in [6.45, 7) is 0. The molecular weight excluding hydrogens is 281 g/mol. The Balaban J connectivity index is 1.77. The van der Waals surface area contributed by atoms with Crippen LogP contribution in [0.25, 0.3) is 11.4 Å². The van der Waals surface area contributed by atoms with E-state index in [-0.39, 0.29) is 5.91 Å². The van der Waals surface area contributed by atoms with Gasteiger partial charge in [0.2, 0.25) is 0 Å². The minimum atomic E-state index is -0.232. The maximum absolute atomic E-state index is 12.1. The van der Waals surface area contributed by atoms with Gasteiger partial charge < -0.3 is 0 Å². The van der Waals surface area contributed by atoms with Gasteiger partial charge in [-0.25, -0.2) is 4.98 Å². The molecule has 1 N–H and O–H groups in total. The molecule has 0 atom stereocenters. The van der Waals surface area contributed by atoms with Crippen LogP contribution in [0.2, 0.25) is 0 Å². The van der Waals surface area contributed by atoms with Crippen molar-refractivity contribution in [2.24, 2.45) is 0 Å². The maximum atomic E-state index is 12.1. The molecule has 0 bridgehead atoms. The molecule has 4 nitrogen and oxygen atoms in total. The highest BCUT2D eigenvalue weighted by molar-refractivity contribution is 7.14. The Morgan fingerprint density at radius 2 is 2.05 bits per heavy atom. The fraction of sp³-hybridized carbons (Fsp3) is 0. The fourth-order valence-electron chi connectivity index (χ4n) is 1.81. The van der Waals surface area contributed by atoms with Gasteiger partial charge in [0.25, 0.3) is 5.91 Å². The van der Waals surface area contributed by atoms with Crippen molar-refractivity contribution >= 4 is 35.7 Å². The second-order valence-electron chi connectivity index (χ2n) is 4.33. The zero-order chi connectivity index (χ0) is 14.7.